The minimum absolute atomic E-state index is 0.241. The van der Waals surface area contributed by atoms with Crippen LogP contribution in [0, 0.1) is 18.8 Å². The fourth-order valence-corrected chi connectivity index (χ4v) is 2.19. The molecule has 1 aromatic rings. The molecule has 2 unspecified atom stereocenters. The Morgan fingerprint density at radius 1 is 1.47 bits per heavy atom. The molecule has 82 valence electrons. The van der Waals surface area contributed by atoms with Crippen LogP contribution in [0.3, 0.4) is 0 Å². The molecule has 0 saturated heterocycles. The molecule has 0 bridgehead atoms. The van der Waals surface area contributed by atoms with Crippen molar-refractivity contribution < 1.29 is 0 Å². The van der Waals surface area contributed by atoms with Gasteiger partial charge in [-0.1, -0.05) is 13.0 Å². The summed E-state index contributed by atoms with van der Waals surface area (Å²) in [5.41, 5.74) is 5.32. The lowest BCUT2D eigenvalue weighted by Gasteiger charge is -2.23. The largest absolute Gasteiger partial charge is 0.271 e. The molecule has 1 saturated carbocycles. The van der Waals surface area contributed by atoms with E-state index in [1.165, 1.54) is 24.0 Å². The van der Waals surface area contributed by atoms with E-state index in [0.29, 0.717) is 5.92 Å². The highest BCUT2D eigenvalue weighted by molar-refractivity contribution is 5.21. The molecule has 1 aliphatic carbocycles. The van der Waals surface area contributed by atoms with Crippen molar-refractivity contribution in [1.82, 2.24) is 10.4 Å². The summed E-state index contributed by atoms with van der Waals surface area (Å²) in [6.07, 6.45) is 6.48. The lowest BCUT2D eigenvalue weighted by molar-refractivity contribution is 0.353. The van der Waals surface area contributed by atoms with Crippen molar-refractivity contribution in [2.24, 2.45) is 17.7 Å². The molecule has 1 aromatic heterocycles. The number of hydrazine groups is 1. The standard InChI is InChI=1S/C12H19N3/c1-8-5-11(7-14-6-8)12(15-13)9(2)10-3-4-10/h5-7,9-10,12,15H,3-4,13H2,1-2H3. The van der Waals surface area contributed by atoms with Crippen LogP contribution in [0.4, 0.5) is 0 Å². The molecular weight excluding hydrogens is 186 g/mol. The molecule has 1 aliphatic rings. The van der Waals surface area contributed by atoms with Gasteiger partial charge in [0.05, 0.1) is 6.04 Å². The first kappa shape index (κ1) is 10.6. The van der Waals surface area contributed by atoms with Crippen molar-refractivity contribution in [2.75, 3.05) is 0 Å². The summed E-state index contributed by atoms with van der Waals surface area (Å²) in [5.74, 6) is 7.08. The van der Waals surface area contributed by atoms with E-state index in [0.717, 1.165) is 5.92 Å². The Kier molecular flexibility index (Phi) is 3.03. The van der Waals surface area contributed by atoms with Gasteiger partial charge < -0.3 is 0 Å². The first-order valence-electron chi connectivity index (χ1n) is 5.60. The predicted octanol–water partition coefficient (Wildman–Crippen LogP) is 1.94. The maximum atomic E-state index is 5.64. The Morgan fingerprint density at radius 2 is 2.20 bits per heavy atom. The molecule has 0 aromatic carbocycles. The maximum absolute atomic E-state index is 5.64. The second-order valence-electron chi connectivity index (χ2n) is 4.64. The van der Waals surface area contributed by atoms with Gasteiger partial charge in [0.1, 0.15) is 0 Å². The van der Waals surface area contributed by atoms with Crippen LogP contribution in [0.2, 0.25) is 0 Å². The highest BCUT2D eigenvalue weighted by Crippen LogP contribution is 2.42. The fraction of sp³-hybridized carbons (Fsp3) is 0.583. The monoisotopic (exact) mass is 205 g/mol. The Hall–Kier alpha value is -0.930. The van der Waals surface area contributed by atoms with Gasteiger partial charge in [-0.2, -0.15) is 0 Å². The number of aromatic nitrogens is 1. The van der Waals surface area contributed by atoms with Gasteiger partial charge in [0, 0.05) is 12.4 Å². The highest BCUT2D eigenvalue weighted by atomic mass is 15.2. The van der Waals surface area contributed by atoms with Gasteiger partial charge in [-0.05, 0) is 42.7 Å². The molecule has 2 atom stereocenters. The zero-order chi connectivity index (χ0) is 10.8. The smallest absolute Gasteiger partial charge is 0.0503 e. The van der Waals surface area contributed by atoms with Crippen LogP contribution in [-0.2, 0) is 0 Å². The Bertz CT molecular complexity index is 333. The second-order valence-corrected chi connectivity index (χ2v) is 4.64. The van der Waals surface area contributed by atoms with E-state index in [-0.39, 0.29) is 6.04 Å². The third-order valence-electron chi connectivity index (χ3n) is 3.33. The van der Waals surface area contributed by atoms with Crippen molar-refractivity contribution in [1.29, 1.82) is 0 Å². The first-order valence-corrected chi connectivity index (χ1v) is 5.60. The Morgan fingerprint density at radius 3 is 2.73 bits per heavy atom. The number of aryl methyl sites for hydroxylation is 1. The zero-order valence-electron chi connectivity index (χ0n) is 9.40. The SMILES string of the molecule is Cc1cncc(C(NN)C(C)C2CC2)c1. The quantitative estimate of drug-likeness (QED) is 0.583. The van der Waals surface area contributed by atoms with Crippen LogP contribution in [0.5, 0.6) is 0 Å². The molecule has 15 heavy (non-hydrogen) atoms. The van der Waals surface area contributed by atoms with Crippen molar-refractivity contribution in [3.8, 4) is 0 Å². The minimum Gasteiger partial charge on any atom is -0.271 e. The van der Waals surface area contributed by atoms with E-state index >= 15 is 0 Å². The summed E-state index contributed by atoms with van der Waals surface area (Å²) in [6, 6.07) is 2.40. The van der Waals surface area contributed by atoms with E-state index < -0.39 is 0 Å². The molecule has 0 aliphatic heterocycles. The molecule has 0 radical (unpaired) electrons. The Labute approximate surface area is 91.1 Å². The fourth-order valence-electron chi connectivity index (χ4n) is 2.19. The van der Waals surface area contributed by atoms with E-state index in [1.54, 1.807) is 0 Å². The summed E-state index contributed by atoms with van der Waals surface area (Å²) in [7, 11) is 0. The molecule has 0 spiro atoms. The van der Waals surface area contributed by atoms with E-state index in [2.05, 4.69) is 30.3 Å². The summed E-state index contributed by atoms with van der Waals surface area (Å²) in [5, 5.41) is 0. The lowest BCUT2D eigenvalue weighted by atomic mass is 9.91. The molecule has 2 rings (SSSR count). The minimum atomic E-state index is 0.241. The normalized spacial score (nSPS) is 19.9. The number of hydrogen-bond acceptors (Lipinski definition) is 3. The van der Waals surface area contributed by atoms with Crippen molar-refractivity contribution in [3.05, 3.63) is 29.6 Å². The number of nitrogens with one attached hydrogen (secondary N) is 1. The second kappa shape index (κ2) is 4.29. The van der Waals surface area contributed by atoms with Gasteiger partial charge in [0.25, 0.3) is 0 Å². The van der Waals surface area contributed by atoms with Gasteiger partial charge >= 0.3 is 0 Å². The number of nitrogens with zero attached hydrogens (tertiary/aromatic N) is 1. The van der Waals surface area contributed by atoms with Crippen LogP contribution < -0.4 is 11.3 Å². The Balaban J connectivity index is 2.17. The molecule has 3 nitrogen and oxygen atoms in total. The zero-order valence-corrected chi connectivity index (χ0v) is 9.40. The van der Waals surface area contributed by atoms with Gasteiger partial charge in [0.15, 0.2) is 0 Å². The van der Waals surface area contributed by atoms with Crippen molar-refractivity contribution in [3.63, 3.8) is 0 Å². The van der Waals surface area contributed by atoms with Crippen LogP contribution >= 0.6 is 0 Å². The van der Waals surface area contributed by atoms with Crippen LogP contribution in [0.1, 0.15) is 36.9 Å². The van der Waals surface area contributed by atoms with E-state index in [9.17, 15) is 0 Å². The average Bonchev–Trinajstić information content (AvgIpc) is 3.02. The highest BCUT2D eigenvalue weighted by Gasteiger charge is 2.33. The van der Waals surface area contributed by atoms with Gasteiger partial charge in [0.2, 0.25) is 0 Å². The third kappa shape index (κ3) is 2.36. The predicted molar refractivity (Wildman–Crippen MR) is 60.9 cm³/mol. The van der Waals surface area contributed by atoms with Crippen LogP contribution in [0.15, 0.2) is 18.5 Å². The maximum Gasteiger partial charge on any atom is 0.0503 e. The van der Waals surface area contributed by atoms with Gasteiger partial charge in [-0.3, -0.25) is 16.3 Å². The molecule has 1 fully saturated rings. The summed E-state index contributed by atoms with van der Waals surface area (Å²) in [6.45, 7) is 4.33. The number of rotatable bonds is 4. The number of nitrogens with two attached hydrogens (primary N) is 1. The lowest BCUT2D eigenvalue weighted by Crippen LogP contribution is -2.33. The van der Waals surface area contributed by atoms with E-state index in [1.807, 2.05) is 12.4 Å². The number of hydrogen-bond donors (Lipinski definition) is 2. The van der Waals surface area contributed by atoms with Crippen molar-refractivity contribution >= 4 is 0 Å². The van der Waals surface area contributed by atoms with Crippen molar-refractivity contribution in [2.45, 2.75) is 32.7 Å². The topological polar surface area (TPSA) is 50.9 Å². The molecular formula is C12H19N3. The van der Waals surface area contributed by atoms with Crippen LogP contribution in [0.25, 0.3) is 0 Å². The molecule has 3 N–H and O–H groups in total. The molecule has 0 amide bonds. The molecule has 1 heterocycles. The third-order valence-corrected chi connectivity index (χ3v) is 3.33. The number of pyridine rings is 1. The summed E-state index contributed by atoms with van der Waals surface area (Å²) >= 11 is 0. The van der Waals surface area contributed by atoms with E-state index in [4.69, 9.17) is 5.84 Å². The molecule has 3 heteroatoms. The van der Waals surface area contributed by atoms with Gasteiger partial charge in [-0.15, -0.1) is 0 Å². The van der Waals surface area contributed by atoms with Gasteiger partial charge in [-0.25, -0.2) is 0 Å². The average molecular weight is 205 g/mol. The summed E-state index contributed by atoms with van der Waals surface area (Å²) < 4.78 is 0. The summed E-state index contributed by atoms with van der Waals surface area (Å²) in [4.78, 5) is 4.22. The first-order chi connectivity index (χ1) is 7.22. The van der Waals surface area contributed by atoms with Crippen LogP contribution in [-0.4, -0.2) is 4.98 Å².